The first-order chi connectivity index (χ1) is 7.17. The van der Waals surface area contributed by atoms with Crippen molar-refractivity contribution in [2.45, 2.75) is 32.2 Å². The lowest BCUT2D eigenvalue weighted by Crippen LogP contribution is -2.24. The molecule has 15 heavy (non-hydrogen) atoms. The summed E-state index contributed by atoms with van der Waals surface area (Å²) in [5, 5.41) is 3.16. The van der Waals surface area contributed by atoms with Crippen molar-refractivity contribution in [3.8, 4) is 0 Å². The molecule has 0 fully saturated rings. The molecule has 1 nitrogen and oxygen atoms in total. The molecule has 0 aliphatic rings. The van der Waals surface area contributed by atoms with Crippen LogP contribution in [0.4, 0.5) is 8.78 Å². The number of hydrogen-bond donors (Lipinski definition) is 1. The molecule has 3 heteroatoms. The van der Waals surface area contributed by atoms with Gasteiger partial charge in [0, 0.05) is 12.1 Å². The number of benzene rings is 1. The first-order valence-electron chi connectivity index (χ1n) is 5.28. The molecule has 1 aromatic carbocycles. The topological polar surface area (TPSA) is 12.0 Å². The third-order valence-electron chi connectivity index (χ3n) is 2.68. The lowest BCUT2D eigenvalue weighted by molar-refractivity contribution is 0.498. The van der Waals surface area contributed by atoms with Gasteiger partial charge in [-0.15, -0.1) is 0 Å². The molecular weight excluding hydrogens is 196 g/mol. The lowest BCUT2D eigenvalue weighted by atomic mass is 10.0. The second-order valence-corrected chi connectivity index (χ2v) is 3.67. The highest BCUT2D eigenvalue weighted by atomic mass is 19.1. The number of aryl methyl sites for hydroxylation is 1. The molecule has 1 rings (SSSR count). The Kier molecular flexibility index (Phi) is 4.69. The molecule has 0 aliphatic heterocycles. The van der Waals surface area contributed by atoms with Gasteiger partial charge in [0.15, 0.2) is 0 Å². The van der Waals surface area contributed by atoms with Crippen LogP contribution in [-0.4, -0.2) is 13.1 Å². The number of nitrogens with one attached hydrogen (secondary N) is 1. The first-order valence-corrected chi connectivity index (χ1v) is 5.28. The predicted molar refractivity (Wildman–Crippen MR) is 57.8 cm³/mol. The molecule has 0 radical (unpaired) electrons. The molecule has 0 spiro atoms. The number of hydrogen-bond acceptors (Lipinski definition) is 1. The zero-order chi connectivity index (χ0) is 11.3. The van der Waals surface area contributed by atoms with E-state index in [0.29, 0.717) is 18.0 Å². The second-order valence-electron chi connectivity index (χ2n) is 3.67. The van der Waals surface area contributed by atoms with Gasteiger partial charge in [0.25, 0.3) is 0 Å². The summed E-state index contributed by atoms with van der Waals surface area (Å²) in [6.45, 7) is 2.09. The Labute approximate surface area is 89.5 Å². The van der Waals surface area contributed by atoms with E-state index in [0.717, 1.165) is 18.9 Å². The maximum absolute atomic E-state index is 13.2. The van der Waals surface area contributed by atoms with Crippen molar-refractivity contribution >= 4 is 0 Å². The van der Waals surface area contributed by atoms with Crippen LogP contribution in [0.1, 0.15) is 25.3 Å². The summed E-state index contributed by atoms with van der Waals surface area (Å²) < 4.78 is 25.9. The molecule has 0 heterocycles. The van der Waals surface area contributed by atoms with Crippen molar-refractivity contribution in [1.82, 2.24) is 5.32 Å². The van der Waals surface area contributed by atoms with Gasteiger partial charge in [-0.05, 0) is 37.9 Å². The van der Waals surface area contributed by atoms with E-state index in [2.05, 4.69) is 12.2 Å². The van der Waals surface area contributed by atoms with Crippen LogP contribution in [0.5, 0.6) is 0 Å². The Hall–Kier alpha value is -0.960. The normalized spacial score (nSPS) is 12.8. The van der Waals surface area contributed by atoms with Crippen molar-refractivity contribution in [2.75, 3.05) is 7.05 Å². The Bertz CT molecular complexity index is 308. The van der Waals surface area contributed by atoms with Gasteiger partial charge in [-0.1, -0.05) is 13.0 Å². The van der Waals surface area contributed by atoms with Gasteiger partial charge in [-0.2, -0.15) is 0 Å². The van der Waals surface area contributed by atoms with Gasteiger partial charge >= 0.3 is 0 Å². The Morgan fingerprint density at radius 3 is 2.60 bits per heavy atom. The van der Waals surface area contributed by atoms with Gasteiger partial charge in [0.05, 0.1) is 0 Å². The van der Waals surface area contributed by atoms with Crippen LogP contribution in [0.25, 0.3) is 0 Å². The Morgan fingerprint density at radius 2 is 2.07 bits per heavy atom. The standard InChI is InChI=1S/C12H17F2N/c1-3-11(15-2)7-5-9-4-6-10(13)8-12(9)14/h4,6,8,11,15H,3,5,7H2,1-2H3. The van der Waals surface area contributed by atoms with Gasteiger partial charge in [0.1, 0.15) is 11.6 Å². The van der Waals surface area contributed by atoms with Crippen LogP contribution >= 0.6 is 0 Å². The second kappa shape index (κ2) is 5.81. The maximum atomic E-state index is 13.2. The van der Waals surface area contributed by atoms with Gasteiger partial charge < -0.3 is 5.32 Å². The van der Waals surface area contributed by atoms with Gasteiger partial charge in [-0.25, -0.2) is 8.78 Å². The Balaban J connectivity index is 2.57. The molecule has 84 valence electrons. The fourth-order valence-electron chi connectivity index (χ4n) is 1.61. The molecule has 1 aromatic rings. The number of rotatable bonds is 5. The average molecular weight is 213 g/mol. The molecule has 1 N–H and O–H groups in total. The smallest absolute Gasteiger partial charge is 0.129 e. The van der Waals surface area contributed by atoms with Crippen molar-refractivity contribution in [2.24, 2.45) is 0 Å². The highest BCUT2D eigenvalue weighted by Crippen LogP contribution is 2.13. The van der Waals surface area contributed by atoms with Crippen LogP contribution < -0.4 is 5.32 Å². The highest BCUT2D eigenvalue weighted by Gasteiger charge is 2.07. The average Bonchev–Trinajstić information content (AvgIpc) is 2.22. The molecule has 0 amide bonds. The van der Waals surface area contributed by atoms with E-state index in [4.69, 9.17) is 0 Å². The van der Waals surface area contributed by atoms with Crippen LogP contribution in [0.3, 0.4) is 0 Å². The van der Waals surface area contributed by atoms with E-state index in [1.54, 1.807) is 0 Å². The minimum absolute atomic E-state index is 0.398. The SMILES string of the molecule is CCC(CCc1ccc(F)cc1F)NC. The van der Waals surface area contributed by atoms with E-state index in [-0.39, 0.29) is 0 Å². The van der Waals surface area contributed by atoms with Crippen molar-refractivity contribution in [3.05, 3.63) is 35.4 Å². The van der Waals surface area contributed by atoms with Crippen LogP contribution in [-0.2, 0) is 6.42 Å². The quantitative estimate of drug-likeness (QED) is 0.793. The molecule has 1 unspecified atom stereocenters. The summed E-state index contributed by atoms with van der Waals surface area (Å²) >= 11 is 0. The van der Waals surface area contributed by atoms with E-state index in [9.17, 15) is 8.78 Å². The summed E-state index contributed by atoms with van der Waals surface area (Å²) in [6.07, 6.45) is 2.53. The summed E-state index contributed by atoms with van der Waals surface area (Å²) in [5.74, 6) is -0.960. The van der Waals surface area contributed by atoms with Crippen LogP contribution in [0.2, 0.25) is 0 Å². The van der Waals surface area contributed by atoms with Crippen LogP contribution in [0, 0.1) is 11.6 Å². The Morgan fingerprint density at radius 1 is 1.33 bits per heavy atom. The van der Waals surface area contributed by atoms with E-state index >= 15 is 0 Å². The third-order valence-corrected chi connectivity index (χ3v) is 2.68. The van der Waals surface area contributed by atoms with Gasteiger partial charge in [-0.3, -0.25) is 0 Å². The fraction of sp³-hybridized carbons (Fsp3) is 0.500. The van der Waals surface area contributed by atoms with Crippen molar-refractivity contribution in [1.29, 1.82) is 0 Å². The summed E-state index contributed by atoms with van der Waals surface area (Å²) in [4.78, 5) is 0. The molecule has 1 atom stereocenters. The minimum Gasteiger partial charge on any atom is -0.317 e. The zero-order valence-corrected chi connectivity index (χ0v) is 9.19. The van der Waals surface area contributed by atoms with Gasteiger partial charge in [0.2, 0.25) is 0 Å². The summed E-state index contributed by atoms with van der Waals surface area (Å²) in [5.41, 5.74) is 0.588. The van der Waals surface area contributed by atoms with Crippen molar-refractivity contribution < 1.29 is 8.78 Å². The fourth-order valence-corrected chi connectivity index (χ4v) is 1.61. The molecule has 0 bridgehead atoms. The molecular formula is C12H17F2N. The summed E-state index contributed by atoms with van der Waals surface area (Å²) in [6, 6.07) is 4.16. The minimum atomic E-state index is -0.517. The summed E-state index contributed by atoms with van der Waals surface area (Å²) in [7, 11) is 1.90. The number of halogens is 2. The predicted octanol–water partition coefficient (Wildman–Crippen LogP) is 2.90. The van der Waals surface area contributed by atoms with E-state index in [1.165, 1.54) is 12.1 Å². The lowest BCUT2D eigenvalue weighted by Gasteiger charge is -2.13. The third kappa shape index (κ3) is 3.59. The van der Waals surface area contributed by atoms with E-state index < -0.39 is 11.6 Å². The molecule has 0 saturated carbocycles. The highest BCUT2D eigenvalue weighted by molar-refractivity contribution is 5.18. The monoisotopic (exact) mass is 213 g/mol. The zero-order valence-electron chi connectivity index (χ0n) is 9.19. The van der Waals surface area contributed by atoms with E-state index in [1.807, 2.05) is 7.05 Å². The first kappa shape index (κ1) is 12.1. The molecule has 0 aliphatic carbocycles. The maximum Gasteiger partial charge on any atom is 0.129 e. The largest absolute Gasteiger partial charge is 0.317 e. The van der Waals surface area contributed by atoms with Crippen LogP contribution in [0.15, 0.2) is 18.2 Å². The molecule has 0 saturated heterocycles. The molecule has 0 aromatic heterocycles. The van der Waals surface area contributed by atoms with Crippen molar-refractivity contribution in [3.63, 3.8) is 0 Å².